The van der Waals surface area contributed by atoms with E-state index in [0.717, 1.165) is 22.0 Å². The zero-order chi connectivity index (χ0) is 29.8. The van der Waals surface area contributed by atoms with Crippen LogP contribution in [0.1, 0.15) is 40.7 Å². The van der Waals surface area contributed by atoms with E-state index in [-0.39, 0.29) is 12.5 Å². The van der Waals surface area contributed by atoms with Gasteiger partial charge in [0.15, 0.2) is 11.5 Å². The van der Waals surface area contributed by atoms with Crippen molar-refractivity contribution in [2.24, 2.45) is 0 Å². The second kappa shape index (κ2) is 12.5. The molecule has 2 heterocycles. The summed E-state index contributed by atoms with van der Waals surface area (Å²) in [5.74, 6) is 0.553. The van der Waals surface area contributed by atoms with Crippen LogP contribution in [-0.4, -0.2) is 60.3 Å². The Labute approximate surface area is 244 Å². The Morgan fingerprint density at radius 2 is 1.71 bits per heavy atom. The number of fused-ring (bicyclic) bond motifs is 2. The molecule has 0 aliphatic heterocycles. The van der Waals surface area contributed by atoms with Crippen molar-refractivity contribution in [1.29, 1.82) is 0 Å². The molecule has 42 heavy (non-hydrogen) atoms. The van der Waals surface area contributed by atoms with Crippen molar-refractivity contribution < 1.29 is 29.2 Å². The molecule has 0 aliphatic rings. The number of hydrogen-bond acceptors (Lipinski definition) is 7. The van der Waals surface area contributed by atoms with Crippen LogP contribution in [0.2, 0.25) is 0 Å². The van der Waals surface area contributed by atoms with E-state index < -0.39 is 12.1 Å². The summed E-state index contributed by atoms with van der Waals surface area (Å²) in [5.41, 5.74) is 5.00. The second-order valence-corrected chi connectivity index (χ2v) is 10.1. The number of H-pyrrole nitrogens is 1. The zero-order valence-corrected chi connectivity index (χ0v) is 24.1. The molecule has 0 radical (unpaired) electrons. The summed E-state index contributed by atoms with van der Waals surface area (Å²) in [6, 6.07) is 18.8. The van der Waals surface area contributed by atoms with Gasteiger partial charge >= 0.3 is 0 Å². The van der Waals surface area contributed by atoms with Crippen LogP contribution in [0.15, 0.2) is 66.9 Å². The van der Waals surface area contributed by atoms with E-state index in [0.29, 0.717) is 57.8 Å². The van der Waals surface area contributed by atoms with Gasteiger partial charge in [0.05, 0.1) is 38.1 Å². The molecule has 0 fully saturated rings. The van der Waals surface area contributed by atoms with Crippen LogP contribution in [0.4, 0.5) is 0 Å². The largest absolute Gasteiger partial charge is 0.493 e. The van der Waals surface area contributed by atoms with E-state index in [1.165, 1.54) is 21.3 Å². The first-order valence-electron chi connectivity index (χ1n) is 13.8. The fourth-order valence-electron chi connectivity index (χ4n) is 5.25. The van der Waals surface area contributed by atoms with E-state index >= 15 is 0 Å². The quantitative estimate of drug-likeness (QED) is 0.161. The van der Waals surface area contributed by atoms with E-state index in [2.05, 4.69) is 10.3 Å². The molecule has 9 nitrogen and oxygen atoms in total. The molecular weight excluding hydrogens is 534 g/mol. The molecule has 1 amide bonds. The van der Waals surface area contributed by atoms with Gasteiger partial charge in [-0.2, -0.15) is 0 Å². The van der Waals surface area contributed by atoms with E-state index in [4.69, 9.17) is 19.2 Å². The molecule has 9 heteroatoms. The van der Waals surface area contributed by atoms with Crippen LogP contribution in [-0.2, 0) is 6.42 Å². The molecule has 2 atom stereocenters. The highest BCUT2D eigenvalue weighted by Crippen LogP contribution is 2.41. The normalized spacial score (nSPS) is 12.7. The minimum atomic E-state index is -1.15. The molecule has 1 unspecified atom stereocenters. The minimum absolute atomic E-state index is 0.0711. The van der Waals surface area contributed by atoms with Gasteiger partial charge in [-0.25, -0.2) is 4.98 Å². The number of aromatic amines is 1. The monoisotopic (exact) mass is 569 g/mol. The lowest BCUT2D eigenvalue weighted by atomic mass is 9.97. The Morgan fingerprint density at radius 1 is 0.976 bits per heavy atom. The maximum absolute atomic E-state index is 13.8. The van der Waals surface area contributed by atoms with E-state index in [1.54, 1.807) is 18.2 Å². The number of pyridine rings is 1. The standard InChI is InChI=1S/C33H35N3O6/c1-19(25-18-34-26-10-6-5-9-22(25)26)32(38)36-33(39)24-17-28(21-15-29(40-2)31(42-4)30(16-21)41-3)35-27-12-11-20(8-7-13-37)14-23(24)27/h5-6,9-12,14-19,32,34,37-38H,7-8,13H2,1-4H3,(H,36,39)/t19?,32-/m1/s1. The van der Waals surface area contributed by atoms with Gasteiger partial charge in [-0.05, 0) is 60.4 Å². The molecule has 5 aromatic rings. The number of aliphatic hydroxyl groups is 2. The smallest absolute Gasteiger partial charge is 0.254 e. The highest BCUT2D eigenvalue weighted by Gasteiger charge is 2.24. The van der Waals surface area contributed by atoms with Gasteiger partial charge in [-0.15, -0.1) is 0 Å². The van der Waals surface area contributed by atoms with Crippen molar-refractivity contribution in [3.05, 3.63) is 83.6 Å². The van der Waals surface area contributed by atoms with Crippen LogP contribution in [0.3, 0.4) is 0 Å². The highest BCUT2D eigenvalue weighted by atomic mass is 16.5. The lowest BCUT2D eigenvalue weighted by Gasteiger charge is -2.21. The van der Waals surface area contributed by atoms with E-state index in [1.807, 2.05) is 55.6 Å². The van der Waals surface area contributed by atoms with Gasteiger partial charge in [0.1, 0.15) is 6.23 Å². The Balaban J connectivity index is 1.56. The lowest BCUT2D eigenvalue weighted by Crippen LogP contribution is -2.38. The fraction of sp³-hybridized carbons (Fsp3) is 0.273. The number of carbonyl (C=O) groups excluding carboxylic acids is 1. The van der Waals surface area contributed by atoms with Crippen molar-refractivity contribution in [2.45, 2.75) is 31.9 Å². The van der Waals surface area contributed by atoms with E-state index in [9.17, 15) is 15.0 Å². The number of amides is 1. The van der Waals surface area contributed by atoms with Crippen LogP contribution in [0, 0.1) is 0 Å². The number of ether oxygens (including phenoxy) is 3. The number of aliphatic hydroxyl groups excluding tert-OH is 2. The molecule has 0 aliphatic carbocycles. The van der Waals surface area contributed by atoms with Crippen LogP contribution < -0.4 is 19.5 Å². The average molecular weight is 570 g/mol. The lowest BCUT2D eigenvalue weighted by molar-refractivity contribution is 0.0729. The van der Waals surface area contributed by atoms with Crippen molar-refractivity contribution in [3.63, 3.8) is 0 Å². The van der Waals surface area contributed by atoms with Gasteiger partial charge in [-0.3, -0.25) is 4.79 Å². The third-order valence-electron chi connectivity index (χ3n) is 7.57. The molecule has 5 rings (SSSR count). The fourth-order valence-corrected chi connectivity index (χ4v) is 5.25. The van der Waals surface area contributed by atoms with Gasteiger partial charge in [0, 0.05) is 40.6 Å². The second-order valence-electron chi connectivity index (χ2n) is 10.1. The number of hydrogen-bond donors (Lipinski definition) is 4. The van der Waals surface area contributed by atoms with Crippen molar-refractivity contribution in [1.82, 2.24) is 15.3 Å². The zero-order valence-electron chi connectivity index (χ0n) is 24.1. The number of nitrogens with zero attached hydrogens (tertiary/aromatic N) is 1. The number of methoxy groups -OCH3 is 3. The molecule has 0 spiro atoms. The number of nitrogens with one attached hydrogen (secondary N) is 2. The van der Waals surface area contributed by atoms with Gasteiger partial charge in [0.25, 0.3) is 5.91 Å². The molecule has 3 aromatic carbocycles. The molecule has 0 bridgehead atoms. The number of rotatable bonds is 11. The van der Waals surface area contributed by atoms with Crippen molar-refractivity contribution in [2.75, 3.05) is 27.9 Å². The molecule has 218 valence electrons. The number of benzene rings is 3. The Hall–Kier alpha value is -4.60. The van der Waals surface area contributed by atoms with Crippen LogP contribution >= 0.6 is 0 Å². The number of aromatic nitrogens is 2. The van der Waals surface area contributed by atoms with Crippen LogP contribution in [0.5, 0.6) is 17.2 Å². The summed E-state index contributed by atoms with van der Waals surface area (Å²) in [4.78, 5) is 21.9. The van der Waals surface area contributed by atoms with Gasteiger partial charge in [0.2, 0.25) is 5.75 Å². The summed E-state index contributed by atoms with van der Waals surface area (Å²) < 4.78 is 16.5. The number of carbonyl (C=O) groups is 1. The van der Waals surface area contributed by atoms with Crippen LogP contribution in [0.25, 0.3) is 33.1 Å². The molecule has 0 saturated carbocycles. The summed E-state index contributed by atoms with van der Waals surface area (Å²) in [5, 5.41) is 24.9. The van der Waals surface area contributed by atoms with Crippen molar-refractivity contribution >= 4 is 27.7 Å². The first-order chi connectivity index (χ1) is 20.4. The number of para-hydroxylation sites is 1. The molecular formula is C33H35N3O6. The molecule has 0 saturated heterocycles. The topological polar surface area (TPSA) is 126 Å². The van der Waals surface area contributed by atoms with Gasteiger partial charge < -0.3 is 34.7 Å². The maximum Gasteiger partial charge on any atom is 0.254 e. The first-order valence-corrected chi connectivity index (χ1v) is 13.8. The third-order valence-corrected chi connectivity index (χ3v) is 7.57. The Morgan fingerprint density at radius 3 is 2.40 bits per heavy atom. The third kappa shape index (κ3) is 5.61. The maximum atomic E-state index is 13.8. The predicted molar refractivity (Wildman–Crippen MR) is 162 cm³/mol. The Bertz CT molecular complexity index is 1710. The minimum Gasteiger partial charge on any atom is -0.493 e. The summed E-state index contributed by atoms with van der Waals surface area (Å²) in [6.07, 6.45) is 1.97. The average Bonchev–Trinajstić information content (AvgIpc) is 3.46. The SMILES string of the molecule is COc1cc(-c2cc(C(=O)N[C@H](O)C(C)c3c[nH]c4ccccc34)c3cc(CCCO)ccc3n2)cc(OC)c1OC. The predicted octanol–water partition coefficient (Wildman–Crippen LogP) is 5.19. The highest BCUT2D eigenvalue weighted by molar-refractivity contribution is 6.07. The summed E-state index contributed by atoms with van der Waals surface area (Å²) >= 11 is 0. The molecule has 4 N–H and O–H groups in total. The Kier molecular flexibility index (Phi) is 8.61. The molecule has 2 aromatic heterocycles. The first kappa shape index (κ1) is 28.9. The van der Waals surface area contributed by atoms with Crippen molar-refractivity contribution in [3.8, 4) is 28.5 Å². The number of aryl methyl sites for hydroxylation is 1. The summed E-state index contributed by atoms with van der Waals surface area (Å²) in [6.45, 7) is 1.95. The van der Waals surface area contributed by atoms with Gasteiger partial charge in [-0.1, -0.05) is 31.2 Å². The summed E-state index contributed by atoms with van der Waals surface area (Å²) in [7, 11) is 4.61.